The zero-order valence-electron chi connectivity index (χ0n) is 18.3. The summed E-state index contributed by atoms with van der Waals surface area (Å²) in [5.41, 5.74) is 1.99. The molecule has 0 amide bonds. The summed E-state index contributed by atoms with van der Waals surface area (Å²) in [6, 6.07) is 26.9. The maximum Gasteiger partial charge on any atom is 0.343 e. The SMILES string of the molecule is Cc1nc(-c2ccccc2OCc2ccccc2)n(CCc2ccccc2)c(=O)c1C(=O)O. The van der Waals surface area contributed by atoms with Crippen molar-refractivity contribution in [2.75, 3.05) is 0 Å². The molecule has 1 heterocycles. The third-order valence-electron chi connectivity index (χ3n) is 5.40. The Labute approximate surface area is 191 Å². The molecule has 6 heteroatoms. The monoisotopic (exact) mass is 440 g/mol. The fourth-order valence-corrected chi connectivity index (χ4v) is 3.72. The fourth-order valence-electron chi connectivity index (χ4n) is 3.72. The number of aromatic nitrogens is 2. The number of benzene rings is 3. The summed E-state index contributed by atoms with van der Waals surface area (Å²) in [7, 11) is 0. The van der Waals surface area contributed by atoms with Gasteiger partial charge in [-0.1, -0.05) is 72.8 Å². The van der Waals surface area contributed by atoms with Crippen LogP contribution in [0.1, 0.15) is 27.2 Å². The van der Waals surface area contributed by atoms with E-state index in [9.17, 15) is 14.7 Å². The van der Waals surface area contributed by atoms with E-state index in [1.165, 1.54) is 4.57 Å². The molecular weight excluding hydrogens is 416 g/mol. The molecule has 0 aliphatic rings. The van der Waals surface area contributed by atoms with E-state index in [4.69, 9.17) is 4.74 Å². The molecule has 0 bridgehead atoms. The molecule has 4 aromatic rings. The molecule has 1 aromatic heterocycles. The van der Waals surface area contributed by atoms with E-state index in [1.54, 1.807) is 6.92 Å². The Kier molecular flexibility index (Phi) is 6.64. The van der Waals surface area contributed by atoms with Crippen molar-refractivity contribution in [3.8, 4) is 17.1 Å². The molecule has 0 radical (unpaired) electrons. The molecule has 0 unspecified atom stereocenters. The largest absolute Gasteiger partial charge is 0.488 e. The summed E-state index contributed by atoms with van der Waals surface area (Å²) < 4.78 is 7.52. The first-order valence-corrected chi connectivity index (χ1v) is 10.7. The first kappa shape index (κ1) is 22.0. The van der Waals surface area contributed by atoms with Gasteiger partial charge in [0, 0.05) is 6.54 Å². The minimum atomic E-state index is -1.28. The maximum absolute atomic E-state index is 13.2. The van der Waals surface area contributed by atoms with Gasteiger partial charge < -0.3 is 9.84 Å². The third-order valence-corrected chi connectivity index (χ3v) is 5.40. The number of ether oxygens (including phenoxy) is 1. The van der Waals surface area contributed by atoms with Crippen LogP contribution in [0.25, 0.3) is 11.4 Å². The first-order chi connectivity index (χ1) is 16.0. The highest BCUT2D eigenvalue weighted by Crippen LogP contribution is 2.29. The molecule has 6 nitrogen and oxygen atoms in total. The van der Waals surface area contributed by atoms with Crippen LogP contribution in [0.2, 0.25) is 0 Å². The highest BCUT2D eigenvalue weighted by Gasteiger charge is 2.22. The molecule has 0 aliphatic heterocycles. The van der Waals surface area contributed by atoms with Gasteiger partial charge in [0.25, 0.3) is 5.56 Å². The Morgan fingerprint density at radius 1 is 0.909 bits per heavy atom. The maximum atomic E-state index is 13.2. The highest BCUT2D eigenvalue weighted by atomic mass is 16.5. The molecule has 0 saturated heterocycles. The number of carboxylic acid groups (broad SMARTS) is 1. The van der Waals surface area contributed by atoms with Gasteiger partial charge in [0.15, 0.2) is 0 Å². The van der Waals surface area contributed by atoms with Crippen molar-refractivity contribution in [3.63, 3.8) is 0 Å². The average Bonchev–Trinajstić information content (AvgIpc) is 2.83. The lowest BCUT2D eigenvalue weighted by atomic mass is 10.1. The van der Waals surface area contributed by atoms with Gasteiger partial charge >= 0.3 is 5.97 Å². The minimum Gasteiger partial charge on any atom is -0.488 e. The number of para-hydroxylation sites is 1. The van der Waals surface area contributed by atoms with Crippen molar-refractivity contribution in [3.05, 3.63) is 118 Å². The van der Waals surface area contributed by atoms with Gasteiger partial charge in [-0.15, -0.1) is 0 Å². The van der Waals surface area contributed by atoms with Gasteiger partial charge in [0.05, 0.1) is 11.3 Å². The predicted molar refractivity (Wildman–Crippen MR) is 127 cm³/mol. The van der Waals surface area contributed by atoms with Crippen LogP contribution in [-0.4, -0.2) is 20.6 Å². The normalized spacial score (nSPS) is 10.7. The van der Waals surface area contributed by atoms with E-state index in [0.29, 0.717) is 36.7 Å². The van der Waals surface area contributed by atoms with E-state index in [1.807, 2.05) is 84.9 Å². The lowest BCUT2D eigenvalue weighted by Crippen LogP contribution is -2.31. The number of aromatic carboxylic acids is 1. The second kappa shape index (κ2) is 9.96. The van der Waals surface area contributed by atoms with E-state index in [-0.39, 0.29) is 11.3 Å². The van der Waals surface area contributed by atoms with Crippen LogP contribution in [-0.2, 0) is 19.6 Å². The number of rotatable bonds is 8. The summed E-state index contributed by atoms with van der Waals surface area (Å²) in [4.78, 5) is 29.6. The minimum absolute atomic E-state index is 0.177. The molecule has 0 saturated carbocycles. The number of carbonyl (C=O) groups is 1. The Morgan fingerprint density at radius 2 is 1.52 bits per heavy atom. The van der Waals surface area contributed by atoms with Gasteiger partial charge in [0.2, 0.25) is 0 Å². The fraction of sp³-hybridized carbons (Fsp3) is 0.148. The average molecular weight is 440 g/mol. The van der Waals surface area contributed by atoms with E-state index < -0.39 is 11.5 Å². The summed E-state index contributed by atoms with van der Waals surface area (Å²) >= 11 is 0. The summed E-state index contributed by atoms with van der Waals surface area (Å²) in [6.07, 6.45) is 0.560. The van der Waals surface area contributed by atoms with E-state index >= 15 is 0 Å². The summed E-state index contributed by atoms with van der Waals surface area (Å²) in [5.74, 6) is -0.315. The lowest BCUT2D eigenvalue weighted by molar-refractivity contribution is 0.0692. The number of hydrogen-bond acceptors (Lipinski definition) is 4. The number of aryl methyl sites for hydroxylation is 2. The molecular formula is C27H24N2O4. The standard InChI is InChI=1S/C27H24N2O4/c1-19-24(27(31)32)26(30)29(17-16-20-10-4-2-5-11-20)25(28-19)22-14-8-9-15-23(22)33-18-21-12-6-3-7-13-21/h2-15H,16-18H2,1H3,(H,31,32). The van der Waals surface area contributed by atoms with Crippen LogP contribution in [0.5, 0.6) is 5.75 Å². The van der Waals surface area contributed by atoms with Crippen molar-refractivity contribution in [1.82, 2.24) is 9.55 Å². The van der Waals surface area contributed by atoms with Crippen LogP contribution >= 0.6 is 0 Å². The van der Waals surface area contributed by atoms with Crippen LogP contribution in [0.3, 0.4) is 0 Å². The van der Waals surface area contributed by atoms with Gasteiger partial charge in [0.1, 0.15) is 23.7 Å². The van der Waals surface area contributed by atoms with Gasteiger partial charge in [-0.05, 0) is 36.6 Å². The molecule has 0 aliphatic carbocycles. The van der Waals surface area contributed by atoms with Gasteiger partial charge in [-0.3, -0.25) is 9.36 Å². The molecule has 33 heavy (non-hydrogen) atoms. The van der Waals surface area contributed by atoms with E-state index in [2.05, 4.69) is 4.98 Å². The topological polar surface area (TPSA) is 81.4 Å². The van der Waals surface area contributed by atoms with Crippen LogP contribution in [0.15, 0.2) is 89.7 Å². The molecule has 4 rings (SSSR count). The Hall–Kier alpha value is -4.19. The second-order valence-electron chi connectivity index (χ2n) is 7.66. The van der Waals surface area contributed by atoms with Crippen LogP contribution in [0, 0.1) is 6.92 Å². The third kappa shape index (κ3) is 5.01. The van der Waals surface area contributed by atoms with E-state index in [0.717, 1.165) is 11.1 Å². The Morgan fingerprint density at radius 3 is 2.18 bits per heavy atom. The molecule has 1 N–H and O–H groups in total. The smallest absolute Gasteiger partial charge is 0.343 e. The molecule has 0 spiro atoms. The lowest BCUT2D eigenvalue weighted by Gasteiger charge is -2.17. The van der Waals surface area contributed by atoms with Crippen LogP contribution < -0.4 is 10.3 Å². The first-order valence-electron chi connectivity index (χ1n) is 10.7. The molecule has 0 fully saturated rings. The highest BCUT2D eigenvalue weighted by molar-refractivity contribution is 5.88. The van der Waals surface area contributed by atoms with Crippen molar-refractivity contribution in [2.24, 2.45) is 0 Å². The molecule has 3 aromatic carbocycles. The zero-order chi connectivity index (χ0) is 23.2. The number of nitrogens with zero attached hydrogens (tertiary/aromatic N) is 2. The van der Waals surface area contributed by atoms with Gasteiger partial charge in [-0.25, -0.2) is 9.78 Å². The van der Waals surface area contributed by atoms with Crippen molar-refractivity contribution < 1.29 is 14.6 Å². The number of carboxylic acids is 1. The van der Waals surface area contributed by atoms with Crippen molar-refractivity contribution in [1.29, 1.82) is 0 Å². The van der Waals surface area contributed by atoms with Gasteiger partial charge in [-0.2, -0.15) is 0 Å². The Balaban J connectivity index is 1.76. The Bertz CT molecular complexity index is 1320. The summed E-state index contributed by atoms with van der Waals surface area (Å²) in [5, 5.41) is 9.60. The quantitative estimate of drug-likeness (QED) is 0.428. The molecule has 166 valence electrons. The van der Waals surface area contributed by atoms with Crippen molar-refractivity contribution >= 4 is 5.97 Å². The van der Waals surface area contributed by atoms with Crippen LogP contribution in [0.4, 0.5) is 0 Å². The predicted octanol–water partition coefficient (Wildman–Crippen LogP) is 4.74. The molecule has 0 atom stereocenters. The summed E-state index contributed by atoms with van der Waals surface area (Å²) in [6.45, 7) is 2.19. The van der Waals surface area contributed by atoms with Crippen molar-refractivity contribution in [2.45, 2.75) is 26.5 Å². The zero-order valence-corrected chi connectivity index (χ0v) is 18.3. The number of hydrogen-bond donors (Lipinski definition) is 1. The second-order valence-corrected chi connectivity index (χ2v) is 7.66.